The molecule has 2 aromatic rings. The van der Waals surface area contributed by atoms with E-state index in [-0.39, 0.29) is 5.41 Å². The van der Waals surface area contributed by atoms with Crippen LogP contribution in [0.4, 0.5) is 5.82 Å². The molecule has 7 nitrogen and oxygen atoms in total. The minimum atomic E-state index is -0.0284. The Morgan fingerprint density at radius 1 is 1.07 bits per heavy atom. The Kier molecular flexibility index (Phi) is 6.18. The van der Waals surface area contributed by atoms with Gasteiger partial charge in [-0.25, -0.2) is 19.9 Å². The van der Waals surface area contributed by atoms with Crippen LogP contribution in [0.2, 0.25) is 0 Å². The first kappa shape index (κ1) is 21.0. The van der Waals surface area contributed by atoms with E-state index in [4.69, 9.17) is 14.7 Å². The van der Waals surface area contributed by atoms with Gasteiger partial charge in [0.2, 0.25) is 0 Å². The number of ether oxygens (including phenoxy) is 1. The highest BCUT2D eigenvalue weighted by molar-refractivity contribution is 5.42. The summed E-state index contributed by atoms with van der Waals surface area (Å²) < 4.78 is 5.71. The molecule has 0 aromatic carbocycles. The first-order chi connectivity index (χ1) is 14.4. The minimum Gasteiger partial charge on any atom is -0.463 e. The third-order valence-electron chi connectivity index (χ3n) is 5.70. The van der Waals surface area contributed by atoms with Gasteiger partial charge in [0.1, 0.15) is 11.6 Å². The van der Waals surface area contributed by atoms with Gasteiger partial charge in [0, 0.05) is 74.1 Å². The lowest BCUT2D eigenvalue weighted by atomic mass is 9.95. The summed E-state index contributed by atoms with van der Waals surface area (Å²) in [6, 6.07) is 4.49. The highest BCUT2D eigenvalue weighted by Gasteiger charge is 2.30. The second-order valence-corrected chi connectivity index (χ2v) is 9.73. The lowest BCUT2D eigenvalue weighted by Gasteiger charge is -2.37. The molecule has 0 radical (unpaired) electrons. The first-order valence-corrected chi connectivity index (χ1v) is 11.1. The summed E-state index contributed by atoms with van der Waals surface area (Å²) in [5.41, 5.74) is 1.21. The fraction of sp³-hybridized carbons (Fsp3) is 0.652. The van der Waals surface area contributed by atoms with Crippen LogP contribution in [0.1, 0.15) is 58.0 Å². The van der Waals surface area contributed by atoms with Crippen molar-refractivity contribution in [2.45, 2.75) is 51.9 Å². The van der Waals surface area contributed by atoms with Gasteiger partial charge in [-0.15, -0.1) is 0 Å². The standard InChI is InChI=1S/C23H34N6O/c1-17(16-30-22-24-8-5-9-25-22)15-28-10-12-29(13-11-28)20-14-19(18-6-7-18)26-21(27-20)23(2,3)4/h5,8-9,14,17-18H,6-7,10-13,15-16H2,1-4H3. The number of anilines is 1. The fourth-order valence-electron chi connectivity index (χ4n) is 3.77. The zero-order valence-corrected chi connectivity index (χ0v) is 18.7. The summed E-state index contributed by atoms with van der Waals surface area (Å²) in [5.74, 6) is 3.14. The number of rotatable bonds is 7. The molecule has 0 spiro atoms. The summed E-state index contributed by atoms with van der Waals surface area (Å²) in [6.45, 7) is 14.6. The van der Waals surface area contributed by atoms with Crippen molar-refractivity contribution in [3.05, 3.63) is 36.0 Å². The smallest absolute Gasteiger partial charge is 0.316 e. The molecule has 1 unspecified atom stereocenters. The van der Waals surface area contributed by atoms with Crippen LogP contribution in [0.5, 0.6) is 6.01 Å². The molecular formula is C23H34N6O. The van der Waals surface area contributed by atoms with Gasteiger partial charge >= 0.3 is 6.01 Å². The molecule has 2 fully saturated rings. The van der Waals surface area contributed by atoms with Crippen LogP contribution in [0.3, 0.4) is 0 Å². The van der Waals surface area contributed by atoms with Crippen molar-refractivity contribution in [3.63, 3.8) is 0 Å². The highest BCUT2D eigenvalue weighted by Crippen LogP contribution is 2.40. The molecule has 7 heteroatoms. The molecule has 1 aliphatic heterocycles. The Hall–Kier alpha value is -2.28. The van der Waals surface area contributed by atoms with Crippen molar-refractivity contribution in [2.75, 3.05) is 44.2 Å². The molecule has 1 saturated heterocycles. The van der Waals surface area contributed by atoms with E-state index >= 15 is 0 Å². The van der Waals surface area contributed by atoms with E-state index in [0.717, 1.165) is 44.4 Å². The van der Waals surface area contributed by atoms with Crippen LogP contribution >= 0.6 is 0 Å². The number of hydrogen-bond donors (Lipinski definition) is 0. The van der Waals surface area contributed by atoms with E-state index in [1.54, 1.807) is 18.5 Å². The monoisotopic (exact) mass is 410 g/mol. The van der Waals surface area contributed by atoms with Crippen molar-refractivity contribution in [2.24, 2.45) is 5.92 Å². The Bertz CT molecular complexity index is 825. The lowest BCUT2D eigenvalue weighted by molar-refractivity contribution is 0.172. The van der Waals surface area contributed by atoms with Crippen molar-refractivity contribution in [3.8, 4) is 6.01 Å². The lowest BCUT2D eigenvalue weighted by Crippen LogP contribution is -2.48. The zero-order chi connectivity index (χ0) is 21.1. The zero-order valence-electron chi connectivity index (χ0n) is 18.7. The first-order valence-electron chi connectivity index (χ1n) is 11.1. The molecule has 4 rings (SSSR count). The molecule has 2 aliphatic rings. The van der Waals surface area contributed by atoms with Crippen molar-refractivity contribution in [1.82, 2.24) is 24.8 Å². The third-order valence-corrected chi connectivity index (χ3v) is 5.70. The second-order valence-electron chi connectivity index (χ2n) is 9.73. The van der Waals surface area contributed by atoms with Crippen molar-refractivity contribution in [1.29, 1.82) is 0 Å². The number of hydrogen-bond acceptors (Lipinski definition) is 7. The fourth-order valence-corrected chi connectivity index (χ4v) is 3.77. The molecule has 0 amide bonds. The molecule has 30 heavy (non-hydrogen) atoms. The van der Waals surface area contributed by atoms with Gasteiger partial charge < -0.3 is 9.64 Å². The van der Waals surface area contributed by atoms with Gasteiger partial charge in [-0.1, -0.05) is 27.7 Å². The Morgan fingerprint density at radius 3 is 2.40 bits per heavy atom. The van der Waals surface area contributed by atoms with Gasteiger partial charge in [0.25, 0.3) is 0 Å². The van der Waals surface area contributed by atoms with Gasteiger partial charge in [-0.05, 0) is 18.9 Å². The van der Waals surface area contributed by atoms with Crippen LogP contribution in [0, 0.1) is 5.92 Å². The topological polar surface area (TPSA) is 67.3 Å². The average Bonchev–Trinajstić information content (AvgIpc) is 3.58. The van der Waals surface area contributed by atoms with Crippen LogP contribution in [-0.4, -0.2) is 64.2 Å². The molecule has 1 atom stereocenters. The third kappa shape index (κ3) is 5.45. The maximum Gasteiger partial charge on any atom is 0.316 e. The van der Waals surface area contributed by atoms with Gasteiger partial charge in [0.15, 0.2) is 0 Å². The summed E-state index contributed by atoms with van der Waals surface area (Å²) in [5, 5.41) is 0. The summed E-state index contributed by atoms with van der Waals surface area (Å²) in [7, 11) is 0. The van der Waals surface area contributed by atoms with E-state index in [0.29, 0.717) is 24.5 Å². The molecule has 0 bridgehead atoms. The maximum absolute atomic E-state index is 5.71. The molecular weight excluding hydrogens is 376 g/mol. The Balaban J connectivity index is 1.31. The molecule has 2 aromatic heterocycles. The van der Waals surface area contributed by atoms with Gasteiger partial charge in [0.05, 0.1) is 6.61 Å². The Morgan fingerprint density at radius 2 is 1.77 bits per heavy atom. The second kappa shape index (κ2) is 8.84. The van der Waals surface area contributed by atoms with Crippen LogP contribution < -0.4 is 9.64 Å². The summed E-state index contributed by atoms with van der Waals surface area (Å²) >= 11 is 0. The van der Waals surface area contributed by atoms with E-state index in [2.05, 4.69) is 53.5 Å². The SMILES string of the molecule is CC(COc1ncccn1)CN1CCN(c2cc(C3CC3)nc(C(C)(C)C)n2)CC1. The number of nitrogens with zero attached hydrogens (tertiary/aromatic N) is 6. The molecule has 3 heterocycles. The predicted molar refractivity (Wildman–Crippen MR) is 118 cm³/mol. The molecule has 162 valence electrons. The normalized spacial score (nSPS) is 19.0. The van der Waals surface area contributed by atoms with Crippen molar-refractivity contribution < 1.29 is 4.74 Å². The van der Waals surface area contributed by atoms with E-state index in [1.165, 1.54) is 18.5 Å². The minimum absolute atomic E-state index is 0.0284. The number of aromatic nitrogens is 4. The van der Waals surface area contributed by atoms with Crippen molar-refractivity contribution >= 4 is 5.82 Å². The van der Waals surface area contributed by atoms with Crippen LogP contribution in [-0.2, 0) is 5.41 Å². The van der Waals surface area contributed by atoms with Gasteiger partial charge in [-0.2, -0.15) is 0 Å². The summed E-state index contributed by atoms with van der Waals surface area (Å²) in [4.78, 5) is 23.0. The van der Waals surface area contributed by atoms with E-state index in [1.807, 2.05) is 0 Å². The largest absolute Gasteiger partial charge is 0.463 e. The summed E-state index contributed by atoms with van der Waals surface area (Å²) in [6.07, 6.45) is 5.95. The van der Waals surface area contributed by atoms with Gasteiger partial charge in [-0.3, -0.25) is 4.90 Å². The van der Waals surface area contributed by atoms with Crippen LogP contribution in [0.15, 0.2) is 24.5 Å². The maximum atomic E-state index is 5.71. The van der Waals surface area contributed by atoms with E-state index in [9.17, 15) is 0 Å². The quantitative estimate of drug-likeness (QED) is 0.694. The molecule has 1 saturated carbocycles. The highest BCUT2D eigenvalue weighted by atomic mass is 16.5. The van der Waals surface area contributed by atoms with Crippen LogP contribution in [0.25, 0.3) is 0 Å². The average molecular weight is 411 g/mol. The number of piperazine rings is 1. The molecule has 1 aliphatic carbocycles. The molecule has 0 N–H and O–H groups in total. The Labute approximate surface area is 179 Å². The predicted octanol–water partition coefficient (Wildman–Crippen LogP) is 3.28. The van der Waals surface area contributed by atoms with E-state index < -0.39 is 0 Å².